The van der Waals surface area contributed by atoms with Crippen LogP contribution in [-0.4, -0.2) is 43.6 Å². The van der Waals surface area contributed by atoms with Crippen molar-refractivity contribution in [2.24, 2.45) is 0 Å². The monoisotopic (exact) mass is 256 g/mol. The minimum absolute atomic E-state index is 0. The summed E-state index contributed by atoms with van der Waals surface area (Å²) >= 11 is 0. The molecule has 1 aliphatic rings. The number of anilines is 1. The first kappa shape index (κ1) is 15.5. The van der Waals surface area contributed by atoms with Gasteiger partial charge in [0.2, 0.25) is 0 Å². The molecule has 0 amide bonds. The smallest absolute Gasteiger partial charge is 0.545 e. The van der Waals surface area contributed by atoms with E-state index in [-0.39, 0.29) is 35.1 Å². The van der Waals surface area contributed by atoms with Gasteiger partial charge in [0, 0.05) is 31.9 Å². The van der Waals surface area contributed by atoms with Crippen molar-refractivity contribution in [3.8, 4) is 0 Å². The van der Waals surface area contributed by atoms with E-state index in [9.17, 15) is 9.90 Å². The van der Waals surface area contributed by atoms with Gasteiger partial charge >= 0.3 is 29.6 Å². The maximum Gasteiger partial charge on any atom is 1.00 e. The molecule has 1 aliphatic heterocycles. The fourth-order valence-electron chi connectivity index (χ4n) is 2.13. The molecule has 0 spiro atoms. The summed E-state index contributed by atoms with van der Waals surface area (Å²) in [5.74, 6) is -1.12. The molecule has 0 bridgehead atoms. The van der Waals surface area contributed by atoms with Crippen molar-refractivity contribution in [2.45, 2.75) is 6.92 Å². The predicted octanol–water partition coefficient (Wildman–Crippen LogP) is -2.80. The number of hydrogen-bond donors (Lipinski definition) is 0. The van der Waals surface area contributed by atoms with Gasteiger partial charge in [0.1, 0.15) is 0 Å². The van der Waals surface area contributed by atoms with Gasteiger partial charge in [-0.15, -0.1) is 0 Å². The van der Waals surface area contributed by atoms with Crippen LogP contribution >= 0.6 is 0 Å². The molecule has 92 valence electrons. The maximum absolute atomic E-state index is 10.6. The zero-order valence-electron chi connectivity index (χ0n) is 11.1. The van der Waals surface area contributed by atoms with Gasteiger partial charge in [0.05, 0.1) is 5.97 Å². The van der Waals surface area contributed by atoms with Gasteiger partial charge in [-0.3, -0.25) is 0 Å². The fourth-order valence-corrected chi connectivity index (χ4v) is 2.13. The van der Waals surface area contributed by atoms with Crippen molar-refractivity contribution in [3.63, 3.8) is 0 Å². The molecular formula is C13H17N2NaO2. The summed E-state index contributed by atoms with van der Waals surface area (Å²) in [6.45, 7) is 7.40. The first-order valence-electron chi connectivity index (χ1n) is 5.99. The van der Waals surface area contributed by atoms with Gasteiger partial charge < -0.3 is 19.7 Å². The fraction of sp³-hybridized carbons (Fsp3) is 0.462. The van der Waals surface area contributed by atoms with Crippen LogP contribution in [0.4, 0.5) is 5.69 Å². The molecule has 0 saturated carbocycles. The molecule has 0 N–H and O–H groups in total. The van der Waals surface area contributed by atoms with Crippen molar-refractivity contribution in [1.29, 1.82) is 0 Å². The molecule has 1 saturated heterocycles. The SMILES string of the molecule is CCN1CCN(c2ccc(C(=O)[O-])cc2)CC1.[Na+]. The summed E-state index contributed by atoms with van der Waals surface area (Å²) in [5.41, 5.74) is 1.33. The third-order valence-corrected chi connectivity index (χ3v) is 3.29. The minimum atomic E-state index is -1.12. The van der Waals surface area contributed by atoms with Gasteiger partial charge in [0.25, 0.3) is 0 Å². The first-order valence-corrected chi connectivity index (χ1v) is 5.99. The second kappa shape index (κ2) is 7.14. The summed E-state index contributed by atoms with van der Waals surface area (Å²) in [6, 6.07) is 6.92. The summed E-state index contributed by atoms with van der Waals surface area (Å²) in [4.78, 5) is 15.3. The Morgan fingerprint density at radius 2 is 1.72 bits per heavy atom. The molecule has 2 rings (SSSR count). The van der Waals surface area contributed by atoms with Gasteiger partial charge in [0.15, 0.2) is 0 Å². The third-order valence-electron chi connectivity index (χ3n) is 3.29. The van der Waals surface area contributed by atoms with Gasteiger partial charge in [-0.2, -0.15) is 0 Å². The van der Waals surface area contributed by atoms with Crippen LogP contribution in [0, 0.1) is 0 Å². The number of carboxylic acid groups (broad SMARTS) is 1. The minimum Gasteiger partial charge on any atom is -0.545 e. The molecule has 0 unspecified atom stereocenters. The van der Waals surface area contributed by atoms with Crippen LogP contribution in [0.5, 0.6) is 0 Å². The predicted molar refractivity (Wildman–Crippen MR) is 65.1 cm³/mol. The van der Waals surface area contributed by atoms with Crippen molar-refractivity contribution < 1.29 is 39.5 Å². The second-order valence-corrected chi connectivity index (χ2v) is 4.26. The average Bonchev–Trinajstić information content (AvgIpc) is 2.39. The Balaban J connectivity index is 0.00000162. The van der Waals surface area contributed by atoms with Gasteiger partial charge in [-0.1, -0.05) is 19.1 Å². The molecule has 0 aliphatic carbocycles. The van der Waals surface area contributed by atoms with Crippen LogP contribution in [0.1, 0.15) is 17.3 Å². The van der Waals surface area contributed by atoms with E-state index in [0.29, 0.717) is 0 Å². The van der Waals surface area contributed by atoms with E-state index in [1.165, 1.54) is 0 Å². The Morgan fingerprint density at radius 3 is 2.17 bits per heavy atom. The largest absolute Gasteiger partial charge is 1.00 e. The van der Waals surface area contributed by atoms with Crippen molar-refractivity contribution in [3.05, 3.63) is 29.8 Å². The number of likely N-dealkylation sites (N-methyl/N-ethyl adjacent to an activating group) is 1. The van der Waals surface area contributed by atoms with E-state index in [4.69, 9.17) is 0 Å². The number of carbonyl (C=O) groups is 1. The van der Waals surface area contributed by atoms with Crippen LogP contribution in [-0.2, 0) is 0 Å². The molecule has 18 heavy (non-hydrogen) atoms. The third kappa shape index (κ3) is 3.72. The number of nitrogens with zero attached hydrogens (tertiary/aromatic N) is 2. The molecule has 1 fully saturated rings. The van der Waals surface area contributed by atoms with Crippen molar-refractivity contribution in [2.75, 3.05) is 37.6 Å². The zero-order chi connectivity index (χ0) is 12.3. The van der Waals surface area contributed by atoms with E-state index in [2.05, 4.69) is 16.7 Å². The number of piperazine rings is 1. The molecule has 5 heteroatoms. The van der Waals surface area contributed by atoms with E-state index < -0.39 is 5.97 Å². The Bertz CT molecular complexity index is 386. The van der Waals surface area contributed by atoms with E-state index in [1.807, 2.05) is 12.1 Å². The van der Waals surface area contributed by atoms with E-state index in [1.54, 1.807) is 12.1 Å². The van der Waals surface area contributed by atoms with Gasteiger partial charge in [-0.25, -0.2) is 0 Å². The van der Waals surface area contributed by atoms with E-state index >= 15 is 0 Å². The first-order chi connectivity index (χ1) is 8.20. The summed E-state index contributed by atoms with van der Waals surface area (Å²) in [6.07, 6.45) is 0. The quantitative estimate of drug-likeness (QED) is 0.548. The Morgan fingerprint density at radius 1 is 1.17 bits per heavy atom. The molecule has 0 atom stereocenters. The molecule has 1 aromatic carbocycles. The Labute approximate surface area is 130 Å². The standard InChI is InChI=1S/C13H18N2O2.Na/c1-2-14-7-9-15(10-8-14)12-5-3-11(4-6-12)13(16)17;/h3-6H,2,7-10H2,1H3,(H,16,17);/q;+1/p-1. The van der Waals surface area contributed by atoms with Crippen molar-refractivity contribution in [1.82, 2.24) is 4.90 Å². The van der Waals surface area contributed by atoms with Gasteiger partial charge in [-0.05, 0) is 24.2 Å². The zero-order valence-corrected chi connectivity index (χ0v) is 13.1. The molecule has 0 aromatic heterocycles. The normalized spacial score (nSPS) is 16.2. The number of benzene rings is 1. The number of carbonyl (C=O) groups excluding carboxylic acids is 1. The van der Waals surface area contributed by atoms with Crippen LogP contribution in [0.15, 0.2) is 24.3 Å². The number of rotatable bonds is 3. The molecule has 0 radical (unpaired) electrons. The second-order valence-electron chi connectivity index (χ2n) is 4.26. The topological polar surface area (TPSA) is 46.6 Å². The Kier molecular flexibility index (Phi) is 6.15. The molecule has 1 heterocycles. The average molecular weight is 256 g/mol. The number of hydrogen-bond acceptors (Lipinski definition) is 4. The summed E-state index contributed by atoms with van der Waals surface area (Å²) < 4.78 is 0. The van der Waals surface area contributed by atoms with Crippen molar-refractivity contribution >= 4 is 11.7 Å². The summed E-state index contributed by atoms with van der Waals surface area (Å²) in [5, 5.41) is 10.6. The maximum atomic E-state index is 10.6. The Hall–Kier alpha value is -0.550. The van der Waals surface area contributed by atoms with Crippen LogP contribution in [0.3, 0.4) is 0 Å². The number of carboxylic acids is 1. The van der Waals surface area contributed by atoms with Crippen LogP contribution in [0.25, 0.3) is 0 Å². The molecule has 1 aromatic rings. The number of aromatic carboxylic acids is 1. The summed E-state index contributed by atoms with van der Waals surface area (Å²) in [7, 11) is 0. The molecular weight excluding hydrogens is 239 g/mol. The molecule has 4 nitrogen and oxygen atoms in total. The van der Waals surface area contributed by atoms with E-state index in [0.717, 1.165) is 38.4 Å². The van der Waals surface area contributed by atoms with Crippen LogP contribution < -0.4 is 39.6 Å². The van der Waals surface area contributed by atoms with Crippen LogP contribution in [0.2, 0.25) is 0 Å².